The highest BCUT2D eigenvalue weighted by Crippen LogP contribution is 2.35. The normalized spacial score (nSPS) is 12.4. The first-order valence-corrected chi connectivity index (χ1v) is 7.85. The molecule has 0 spiro atoms. The molecule has 3 aromatic rings. The SMILES string of the molecule is Cc1ccc(-c2csc(Nc3ccc4c(c3)OCO4)n2)cc1. The minimum atomic E-state index is 0.285. The predicted molar refractivity (Wildman–Crippen MR) is 88.1 cm³/mol. The van der Waals surface area contributed by atoms with Gasteiger partial charge in [-0.1, -0.05) is 29.8 Å². The number of hydrogen-bond donors (Lipinski definition) is 1. The standard InChI is InChI=1S/C17H14N2O2S/c1-11-2-4-12(5-3-11)14-9-22-17(19-14)18-13-6-7-15-16(8-13)21-10-20-15/h2-9H,10H2,1H3,(H,18,19). The summed E-state index contributed by atoms with van der Waals surface area (Å²) in [6.45, 7) is 2.37. The van der Waals surface area contributed by atoms with Gasteiger partial charge in [0.25, 0.3) is 0 Å². The molecule has 0 unspecified atom stereocenters. The van der Waals surface area contributed by atoms with Crippen LogP contribution in [0.1, 0.15) is 5.56 Å². The number of anilines is 2. The highest BCUT2D eigenvalue weighted by Gasteiger charge is 2.13. The van der Waals surface area contributed by atoms with Crippen LogP contribution in [0.15, 0.2) is 47.8 Å². The van der Waals surface area contributed by atoms with Crippen molar-refractivity contribution in [1.82, 2.24) is 4.98 Å². The lowest BCUT2D eigenvalue weighted by atomic mass is 10.1. The highest BCUT2D eigenvalue weighted by molar-refractivity contribution is 7.14. The van der Waals surface area contributed by atoms with Crippen LogP contribution in [0.2, 0.25) is 0 Å². The maximum absolute atomic E-state index is 5.38. The largest absolute Gasteiger partial charge is 0.454 e. The van der Waals surface area contributed by atoms with Crippen molar-refractivity contribution < 1.29 is 9.47 Å². The van der Waals surface area contributed by atoms with Crippen LogP contribution in [-0.4, -0.2) is 11.8 Å². The van der Waals surface area contributed by atoms with Crippen LogP contribution >= 0.6 is 11.3 Å². The Kier molecular flexibility index (Phi) is 3.20. The van der Waals surface area contributed by atoms with E-state index in [0.29, 0.717) is 0 Å². The number of benzene rings is 2. The molecule has 110 valence electrons. The number of fused-ring (bicyclic) bond motifs is 1. The van der Waals surface area contributed by atoms with E-state index in [1.54, 1.807) is 11.3 Å². The van der Waals surface area contributed by atoms with Gasteiger partial charge >= 0.3 is 0 Å². The number of thiazole rings is 1. The van der Waals surface area contributed by atoms with Crippen molar-refractivity contribution in [3.63, 3.8) is 0 Å². The van der Waals surface area contributed by atoms with Crippen molar-refractivity contribution in [2.75, 3.05) is 12.1 Å². The van der Waals surface area contributed by atoms with E-state index in [4.69, 9.17) is 9.47 Å². The summed E-state index contributed by atoms with van der Waals surface area (Å²) < 4.78 is 10.7. The van der Waals surface area contributed by atoms with Crippen LogP contribution in [0.5, 0.6) is 11.5 Å². The molecule has 0 radical (unpaired) electrons. The van der Waals surface area contributed by atoms with Crippen LogP contribution in [-0.2, 0) is 0 Å². The van der Waals surface area contributed by atoms with Gasteiger partial charge in [-0.2, -0.15) is 0 Å². The van der Waals surface area contributed by atoms with E-state index < -0.39 is 0 Å². The van der Waals surface area contributed by atoms with E-state index in [1.165, 1.54) is 5.56 Å². The maximum atomic E-state index is 5.38. The van der Waals surface area contributed by atoms with Crippen LogP contribution in [0, 0.1) is 6.92 Å². The minimum absolute atomic E-state index is 0.285. The van der Waals surface area contributed by atoms with Crippen LogP contribution in [0.25, 0.3) is 11.3 Å². The van der Waals surface area contributed by atoms with Crippen molar-refractivity contribution in [3.8, 4) is 22.8 Å². The van der Waals surface area contributed by atoms with E-state index in [2.05, 4.69) is 46.9 Å². The van der Waals surface area contributed by atoms with Crippen molar-refractivity contribution in [1.29, 1.82) is 0 Å². The summed E-state index contributed by atoms with van der Waals surface area (Å²) in [6, 6.07) is 14.2. The molecule has 0 atom stereocenters. The molecule has 5 heteroatoms. The Morgan fingerprint density at radius 3 is 2.73 bits per heavy atom. The van der Waals surface area contributed by atoms with Gasteiger partial charge in [-0.3, -0.25) is 0 Å². The Morgan fingerprint density at radius 1 is 1.05 bits per heavy atom. The summed E-state index contributed by atoms with van der Waals surface area (Å²) in [4.78, 5) is 4.63. The Balaban J connectivity index is 1.55. The molecule has 1 aliphatic rings. The van der Waals surface area contributed by atoms with Crippen LogP contribution in [0.3, 0.4) is 0 Å². The van der Waals surface area contributed by atoms with Crippen molar-refractivity contribution in [2.45, 2.75) is 6.92 Å². The highest BCUT2D eigenvalue weighted by atomic mass is 32.1. The number of ether oxygens (including phenoxy) is 2. The van der Waals surface area contributed by atoms with Gasteiger partial charge in [0.1, 0.15) is 0 Å². The zero-order chi connectivity index (χ0) is 14.9. The second-order valence-electron chi connectivity index (χ2n) is 5.10. The minimum Gasteiger partial charge on any atom is -0.454 e. The molecule has 0 bridgehead atoms. The first-order valence-electron chi connectivity index (χ1n) is 6.97. The number of aromatic nitrogens is 1. The average molecular weight is 310 g/mol. The van der Waals surface area contributed by atoms with Gasteiger partial charge in [0, 0.05) is 22.7 Å². The molecule has 4 nitrogen and oxygen atoms in total. The van der Waals surface area contributed by atoms with E-state index >= 15 is 0 Å². The lowest BCUT2D eigenvalue weighted by Gasteiger charge is -2.03. The third-order valence-corrected chi connectivity index (χ3v) is 4.23. The van der Waals surface area contributed by atoms with Gasteiger partial charge < -0.3 is 14.8 Å². The molecule has 0 amide bonds. The fraction of sp³-hybridized carbons (Fsp3) is 0.118. The van der Waals surface area contributed by atoms with Crippen molar-refractivity contribution in [2.24, 2.45) is 0 Å². The summed E-state index contributed by atoms with van der Waals surface area (Å²) in [5.74, 6) is 1.55. The zero-order valence-electron chi connectivity index (χ0n) is 12.0. The molecule has 0 aliphatic carbocycles. The monoisotopic (exact) mass is 310 g/mol. The summed E-state index contributed by atoms with van der Waals surface area (Å²) in [6.07, 6.45) is 0. The summed E-state index contributed by atoms with van der Waals surface area (Å²) in [7, 11) is 0. The molecular weight excluding hydrogens is 296 g/mol. The van der Waals surface area contributed by atoms with Gasteiger partial charge in [-0.05, 0) is 19.1 Å². The Morgan fingerprint density at radius 2 is 1.86 bits per heavy atom. The van der Waals surface area contributed by atoms with Gasteiger partial charge in [0.05, 0.1) is 5.69 Å². The van der Waals surface area contributed by atoms with Gasteiger partial charge in [-0.25, -0.2) is 4.98 Å². The van der Waals surface area contributed by atoms with E-state index in [-0.39, 0.29) is 6.79 Å². The second-order valence-corrected chi connectivity index (χ2v) is 5.96. The van der Waals surface area contributed by atoms with E-state index in [0.717, 1.165) is 33.6 Å². The molecule has 4 rings (SSSR count). The average Bonchev–Trinajstić information content (AvgIpc) is 3.17. The predicted octanol–water partition coefficient (Wildman–Crippen LogP) is 4.59. The van der Waals surface area contributed by atoms with Gasteiger partial charge in [-0.15, -0.1) is 11.3 Å². The summed E-state index contributed by atoms with van der Waals surface area (Å²) >= 11 is 1.58. The first kappa shape index (κ1) is 13.2. The summed E-state index contributed by atoms with van der Waals surface area (Å²) in [5.41, 5.74) is 4.29. The van der Waals surface area contributed by atoms with E-state index in [1.807, 2.05) is 18.2 Å². The molecular formula is C17H14N2O2S. The number of aryl methyl sites for hydroxylation is 1. The fourth-order valence-electron chi connectivity index (χ4n) is 2.29. The van der Waals surface area contributed by atoms with Gasteiger partial charge in [0.15, 0.2) is 16.6 Å². The number of nitrogens with one attached hydrogen (secondary N) is 1. The number of hydrogen-bond acceptors (Lipinski definition) is 5. The Bertz CT molecular complexity index is 812. The third kappa shape index (κ3) is 2.51. The molecule has 2 heterocycles. The Hall–Kier alpha value is -2.53. The quantitative estimate of drug-likeness (QED) is 0.768. The lowest BCUT2D eigenvalue weighted by molar-refractivity contribution is 0.174. The fourth-order valence-corrected chi connectivity index (χ4v) is 3.03. The molecule has 1 N–H and O–H groups in total. The van der Waals surface area contributed by atoms with E-state index in [9.17, 15) is 0 Å². The van der Waals surface area contributed by atoms with Crippen molar-refractivity contribution >= 4 is 22.2 Å². The summed E-state index contributed by atoms with van der Waals surface area (Å²) in [5, 5.41) is 6.22. The molecule has 22 heavy (non-hydrogen) atoms. The molecule has 0 fully saturated rings. The van der Waals surface area contributed by atoms with Crippen LogP contribution in [0.4, 0.5) is 10.8 Å². The Labute approximate surface area is 132 Å². The molecule has 2 aromatic carbocycles. The smallest absolute Gasteiger partial charge is 0.231 e. The number of nitrogens with zero attached hydrogens (tertiary/aromatic N) is 1. The maximum Gasteiger partial charge on any atom is 0.231 e. The third-order valence-electron chi connectivity index (χ3n) is 3.48. The van der Waals surface area contributed by atoms with Crippen molar-refractivity contribution in [3.05, 3.63) is 53.4 Å². The molecule has 1 aliphatic heterocycles. The number of rotatable bonds is 3. The molecule has 1 aromatic heterocycles. The zero-order valence-corrected chi connectivity index (χ0v) is 12.8. The first-order chi connectivity index (χ1) is 10.8. The molecule has 0 saturated carbocycles. The second kappa shape index (κ2) is 5.35. The molecule has 0 saturated heterocycles. The van der Waals surface area contributed by atoms with Gasteiger partial charge in [0.2, 0.25) is 6.79 Å². The topological polar surface area (TPSA) is 43.4 Å². The lowest BCUT2D eigenvalue weighted by Crippen LogP contribution is -1.93. The van der Waals surface area contributed by atoms with Crippen LogP contribution < -0.4 is 14.8 Å².